The lowest BCUT2D eigenvalue weighted by molar-refractivity contribution is 0.473. The maximum absolute atomic E-state index is 12.5. The van der Waals surface area contributed by atoms with E-state index in [2.05, 4.69) is 21.0 Å². The van der Waals surface area contributed by atoms with Gasteiger partial charge in [0.05, 0.1) is 5.52 Å². The molecule has 2 aromatic rings. The second kappa shape index (κ2) is 3.10. The fraction of sp³-hybridized carbons (Fsp3) is 0.222. The predicted molar refractivity (Wildman–Crippen MR) is 53.2 cm³/mol. The van der Waals surface area contributed by atoms with Gasteiger partial charge in [0.25, 0.3) is 0 Å². The van der Waals surface area contributed by atoms with Crippen molar-refractivity contribution < 1.29 is 4.39 Å². The van der Waals surface area contributed by atoms with E-state index in [1.807, 2.05) is 25.2 Å². The molecule has 68 valence electrons. The fourth-order valence-corrected chi connectivity index (χ4v) is 1.77. The van der Waals surface area contributed by atoms with Gasteiger partial charge in [0.1, 0.15) is 12.4 Å². The molecule has 2 rings (SSSR count). The van der Waals surface area contributed by atoms with E-state index in [-0.39, 0.29) is 0 Å². The number of fused-ring (bicyclic) bond motifs is 1. The van der Waals surface area contributed by atoms with Crippen LogP contribution in [0.25, 0.3) is 10.9 Å². The first-order valence-corrected chi connectivity index (χ1v) is 4.69. The Hall–Kier alpha value is -0.900. The van der Waals surface area contributed by atoms with E-state index in [0.717, 1.165) is 15.4 Å². The SMILES string of the molecule is Cn1nc(CF)c2cc(Br)ccc21. The molecule has 1 aromatic heterocycles. The van der Waals surface area contributed by atoms with Gasteiger partial charge in [-0.1, -0.05) is 15.9 Å². The highest BCUT2D eigenvalue weighted by atomic mass is 79.9. The van der Waals surface area contributed by atoms with E-state index in [9.17, 15) is 4.39 Å². The summed E-state index contributed by atoms with van der Waals surface area (Å²) in [6.45, 7) is -0.520. The van der Waals surface area contributed by atoms with Crippen LogP contribution in [-0.4, -0.2) is 9.78 Å². The minimum Gasteiger partial charge on any atom is -0.268 e. The minimum atomic E-state index is -0.520. The van der Waals surface area contributed by atoms with Crippen LogP contribution in [0.3, 0.4) is 0 Å². The molecular formula is C9H8BrFN2. The van der Waals surface area contributed by atoms with Crippen molar-refractivity contribution in [1.29, 1.82) is 0 Å². The fourth-order valence-electron chi connectivity index (χ4n) is 1.41. The van der Waals surface area contributed by atoms with Gasteiger partial charge in [0, 0.05) is 16.9 Å². The monoisotopic (exact) mass is 242 g/mol. The highest BCUT2D eigenvalue weighted by molar-refractivity contribution is 9.10. The summed E-state index contributed by atoms with van der Waals surface area (Å²) < 4.78 is 15.1. The molecule has 0 bridgehead atoms. The summed E-state index contributed by atoms with van der Waals surface area (Å²) in [5.41, 5.74) is 1.45. The Bertz CT molecular complexity index is 450. The molecule has 0 unspecified atom stereocenters. The van der Waals surface area contributed by atoms with Gasteiger partial charge in [0.15, 0.2) is 0 Å². The van der Waals surface area contributed by atoms with Gasteiger partial charge in [-0.05, 0) is 18.2 Å². The van der Waals surface area contributed by atoms with E-state index in [4.69, 9.17) is 0 Å². The molecule has 0 amide bonds. The van der Waals surface area contributed by atoms with Crippen molar-refractivity contribution in [3.05, 3.63) is 28.4 Å². The molecule has 1 heterocycles. The molecule has 4 heteroatoms. The van der Waals surface area contributed by atoms with Crippen molar-refractivity contribution in [2.75, 3.05) is 0 Å². The zero-order valence-corrected chi connectivity index (χ0v) is 8.68. The summed E-state index contributed by atoms with van der Waals surface area (Å²) in [5.74, 6) is 0. The Morgan fingerprint density at radius 2 is 2.31 bits per heavy atom. The number of hydrogen-bond acceptors (Lipinski definition) is 1. The second-order valence-corrected chi connectivity index (χ2v) is 3.78. The molecule has 1 aromatic carbocycles. The van der Waals surface area contributed by atoms with E-state index in [1.54, 1.807) is 4.68 Å². The van der Waals surface area contributed by atoms with Gasteiger partial charge in [-0.3, -0.25) is 4.68 Å². The lowest BCUT2D eigenvalue weighted by atomic mass is 10.2. The zero-order valence-electron chi connectivity index (χ0n) is 7.09. The lowest BCUT2D eigenvalue weighted by Crippen LogP contribution is -1.89. The molecule has 2 nitrogen and oxygen atoms in total. The Balaban J connectivity index is 2.81. The predicted octanol–water partition coefficient (Wildman–Crippen LogP) is 2.81. The van der Waals surface area contributed by atoms with Crippen molar-refractivity contribution >= 4 is 26.8 Å². The lowest BCUT2D eigenvalue weighted by Gasteiger charge is -1.93. The highest BCUT2D eigenvalue weighted by Gasteiger charge is 2.07. The average Bonchev–Trinajstić information content (AvgIpc) is 2.42. The smallest absolute Gasteiger partial charge is 0.134 e. The largest absolute Gasteiger partial charge is 0.268 e. The van der Waals surface area contributed by atoms with Gasteiger partial charge in [-0.2, -0.15) is 5.10 Å². The van der Waals surface area contributed by atoms with Crippen LogP contribution in [0.4, 0.5) is 4.39 Å². The molecule has 0 N–H and O–H groups in total. The Labute approximate surface area is 83.5 Å². The number of benzene rings is 1. The third kappa shape index (κ3) is 1.35. The van der Waals surface area contributed by atoms with Crippen LogP contribution in [0, 0.1) is 0 Å². The van der Waals surface area contributed by atoms with Crippen molar-refractivity contribution in [2.45, 2.75) is 6.67 Å². The molecule has 0 aliphatic carbocycles. The molecule has 0 spiro atoms. The number of halogens is 2. The van der Waals surface area contributed by atoms with Gasteiger partial charge < -0.3 is 0 Å². The average molecular weight is 243 g/mol. The zero-order chi connectivity index (χ0) is 9.42. The van der Waals surface area contributed by atoms with Crippen LogP contribution in [0.15, 0.2) is 22.7 Å². The topological polar surface area (TPSA) is 17.8 Å². The Morgan fingerprint density at radius 3 is 3.00 bits per heavy atom. The van der Waals surface area contributed by atoms with Crippen LogP contribution in [0.2, 0.25) is 0 Å². The number of alkyl halides is 1. The minimum absolute atomic E-state index is 0.499. The molecular weight excluding hydrogens is 235 g/mol. The van der Waals surface area contributed by atoms with Crippen LogP contribution in [0.1, 0.15) is 5.69 Å². The number of nitrogens with zero attached hydrogens (tertiary/aromatic N) is 2. The number of aryl methyl sites for hydroxylation is 1. The van der Waals surface area contributed by atoms with Gasteiger partial charge in [-0.25, -0.2) is 4.39 Å². The summed E-state index contributed by atoms with van der Waals surface area (Å²) >= 11 is 3.35. The summed E-state index contributed by atoms with van der Waals surface area (Å²) in [7, 11) is 1.81. The van der Waals surface area contributed by atoms with Gasteiger partial charge in [0.2, 0.25) is 0 Å². The number of rotatable bonds is 1. The summed E-state index contributed by atoms with van der Waals surface area (Å²) in [4.78, 5) is 0. The maximum Gasteiger partial charge on any atom is 0.134 e. The molecule has 0 saturated heterocycles. The third-order valence-electron chi connectivity index (χ3n) is 2.02. The van der Waals surface area contributed by atoms with E-state index >= 15 is 0 Å². The molecule has 0 aliphatic rings. The first-order valence-electron chi connectivity index (χ1n) is 3.89. The van der Waals surface area contributed by atoms with Crippen LogP contribution < -0.4 is 0 Å². The molecule has 0 fully saturated rings. The molecule has 0 radical (unpaired) electrons. The molecule has 13 heavy (non-hydrogen) atoms. The summed E-state index contributed by atoms with van der Waals surface area (Å²) in [5, 5.41) is 4.94. The van der Waals surface area contributed by atoms with Gasteiger partial charge in [-0.15, -0.1) is 0 Å². The first-order chi connectivity index (χ1) is 6.22. The van der Waals surface area contributed by atoms with Crippen molar-refractivity contribution in [3.8, 4) is 0 Å². The summed E-state index contributed by atoms with van der Waals surface area (Å²) in [6, 6.07) is 5.73. The quantitative estimate of drug-likeness (QED) is 0.752. The molecule has 0 aliphatic heterocycles. The van der Waals surface area contributed by atoms with Crippen LogP contribution >= 0.6 is 15.9 Å². The number of aromatic nitrogens is 2. The van der Waals surface area contributed by atoms with E-state index < -0.39 is 6.67 Å². The standard InChI is InChI=1S/C9H8BrFN2/c1-13-9-3-2-6(10)4-7(9)8(5-11)12-13/h2-4H,5H2,1H3. The van der Waals surface area contributed by atoms with Crippen molar-refractivity contribution in [3.63, 3.8) is 0 Å². The van der Waals surface area contributed by atoms with Crippen LogP contribution in [-0.2, 0) is 13.7 Å². The Kier molecular flexibility index (Phi) is 2.07. The van der Waals surface area contributed by atoms with E-state index in [1.165, 1.54) is 0 Å². The second-order valence-electron chi connectivity index (χ2n) is 2.87. The van der Waals surface area contributed by atoms with Crippen LogP contribution in [0.5, 0.6) is 0 Å². The first kappa shape index (κ1) is 8.69. The number of hydrogen-bond donors (Lipinski definition) is 0. The highest BCUT2D eigenvalue weighted by Crippen LogP contribution is 2.22. The van der Waals surface area contributed by atoms with Crippen molar-refractivity contribution in [1.82, 2.24) is 9.78 Å². The van der Waals surface area contributed by atoms with E-state index in [0.29, 0.717) is 5.69 Å². The normalized spacial score (nSPS) is 11.0. The third-order valence-corrected chi connectivity index (χ3v) is 2.51. The molecule has 0 atom stereocenters. The van der Waals surface area contributed by atoms with Gasteiger partial charge >= 0.3 is 0 Å². The maximum atomic E-state index is 12.5. The summed E-state index contributed by atoms with van der Waals surface area (Å²) in [6.07, 6.45) is 0. The molecule has 0 saturated carbocycles. The Morgan fingerprint density at radius 1 is 1.54 bits per heavy atom. The van der Waals surface area contributed by atoms with Crippen molar-refractivity contribution in [2.24, 2.45) is 7.05 Å².